The molecule has 0 radical (unpaired) electrons. The standard InChI is InChI=1S/C14H18N2O4/c1-10(17)11-3-4-12(13(9-11)19-2)20-8-7-16-6-5-15-14(16)18/h3-4,9H,5-8H2,1-2H3,(H,15,18). The van der Waals surface area contributed by atoms with Crippen LogP contribution in [0.25, 0.3) is 0 Å². The van der Waals surface area contributed by atoms with Gasteiger partial charge in [-0.15, -0.1) is 0 Å². The van der Waals surface area contributed by atoms with Crippen LogP contribution < -0.4 is 14.8 Å². The molecule has 0 spiro atoms. The van der Waals surface area contributed by atoms with E-state index in [1.54, 1.807) is 23.1 Å². The number of Topliss-reactive ketones (excluding diaryl/α,β-unsaturated/α-hetero) is 1. The largest absolute Gasteiger partial charge is 0.493 e. The predicted octanol–water partition coefficient (Wildman–Crippen LogP) is 1.30. The molecule has 0 unspecified atom stereocenters. The molecule has 0 atom stereocenters. The number of hydrogen-bond donors (Lipinski definition) is 1. The topological polar surface area (TPSA) is 67.9 Å². The van der Waals surface area contributed by atoms with Crippen LogP contribution in [0.1, 0.15) is 17.3 Å². The number of carbonyl (C=O) groups excluding carboxylic acids is 2. The van der Waals surface area contributed by atoms with Gasteiger partial charge in [-0.3, -0.25) is 4.79 Å². The molecule has 0 aliphatic carbocycles. The summed E-state index contributed by atoms with van der Waals surface area (Å²) in [5.41, 5.74) is 0.577. The Kier molecular flexibility index (Phi) is 4.45. The van der Waals surface area contributed by atoms with E-state index in [4.69, 9.17) is 9.47 Å². The maximum atomic E-state index is 11.4. The first-order chi connectivity index (χ1) is 9.61. The minimum Gasteiger partial charge on any atom is -0.493 e. The zero-order valence-electron chi connectivity index (χ0n) is 11.6. The van der Waals surface area contributed by atoms with Crippen molar-refractivity contribution in [2.75, 3.05) is 33.4 Å². The highest BCUT2D eigenvalue weighted by molar-refractivity contribution is 5.94. The molecular formula is C14H18N2O4. The predicted molar refractivity (Wildman–Crippen MR) is 73.5 cm³/mol. The van der Waals surface area contributed by atoms with E-state index in [1.165, 1.54) is 14.0 Å². The first kappa shape index (κ1) is 14.2. The van der Waals surface area contributed by atoms with E-state index < -0.39 is 0 Å². The van der Waals surface area contributed by atoms with Crippen molar-refractivity contribution in [2.24, 2.45) is 0 Å². The van der Waals surface area contributed by atoms with Crippen molar-refractivity contribution in [3.8, 4) is 11.5 Å². The Hall–Kier alpha value is -2.24. The van der Waals surface area contributed by atoms with Crippen molar-refractivity contribution < 1.29 is 19.1 Å². The molecule has 2 rings (SSSR count). The Morgan fingerprint density at radius 1 is 1.40 bits per heavy atom. The molecule has 0 bridgehead atoms. The van der Waals surface area contributed by atoms with Gasteiger partial charge in [-0.05, 0) is 25.1 Å². The van der Waals surface area contributed by atoms with Crippen LogP contribution in [0.15, 0.2) is 18.2 Å². The summed E-state index contributed by atoms with van der Waals surface area (Å²) in [7, 11) is 1.53. The van der Waals surface area contributed by atoms with Gasteiger partial charge in [0.05, 0.1) is 13.7 Å². The van der Waals surface area contributed by atoms with Gasteiger partial charge in [-0.1, -0.05) is 0 Å². The van der Waals surface area contributed by atoms with Crippen molar-refractivity contribution in [2.45, 2.75) is 6.92 Å². The van der Waals surface area contributed by atoms with Crippen LogP contribution in [0.2, 0.25) is 0 Å². The van der Waals surface area contributed by atoms with Gasteiger partial charge in [-0.2, -0.15) is 0 Å². The first-order valence-corrected chi connectivity index (χ1v) is 6.46. The van der Waals surface area contributed by atoms with Crippen molar-refractivity contribution in [3.05, 3.63) is 23.8 Å². The summed E-state index contributed by atoms with van der Waals surface area (Å²) in [5.74, 6) is 1.06. The van der Waals surface area contributed by atoms with E-state index in [0.717, 1.165) is 0 Å². The number of urea groups is 1. The number of nitrogens with one attached hydrogen (secondary N) is 1. The van der Waals surface area contributed by atoms with Crippen molar-refractivity contribution in [1.29, 1.82) is 0 Å². The molecule has 6 nitrogen and oxygen atoms in total. The third-order valence-corrected chi connectivity index (χ3v) is 3.13. The molecule has 6 heteroatoms. The van der Waals surface area contributed by atoms with Gasteiger partial charge in [0.2, 0.25) is 0 Å². The molecule has 1 N–H and O–H groups in total. The van der Waals surface area contributed by atoms with Gasteiger partial charge in [0.25, 0.3) is 0 Å². The van der Waals surface area contributed by atoms with Crippen molar-refractivity contribution in [1.82, 2.24) is 10.2 Å². The second-order valence-electron chi connectivity index (χ2n) is 4.49. The molecule has 0 aromatic heterocycles. The number of hydrogen-bond acceptors (Lipinski definition) is 4. The second kappa shape index (κ2) is 6.27. The Balaban J connectivity index is 1.95. The fourth-order valence-electron chi connectivity index (χ4n) is 2.00. The number of amides is 2. The van der Waals surface area contributed by atoms with E-state index in [2.05, 4.69) is 5.32 Å². The molecule has 1 aromatic rings. The van der Waals surface area contributed by atoms with Gasteiger partial charge in [0, 0.05) is 18.7 Å². The normalized spacial score (nSPS) is 14.1. The quantitative estimate of drug-likeness (QED) is 0.796. The number of methoxy groups -OCH3 is 1. The van der Waals surface area contributed by atoms with E-state index in [-0.39, 0.29) is 11.8 Å². The summed E-state index contributed by atoms with van der Waals surface area (Å²) < 4.78 is 10.8. The Morgan fingerprint density at radius 2 is 2.20 bits per heavy atom. The van der Waals surface area contributed by atoms with Crippen LogP contribution in [-0.2, 0) is 0 Å². The summed E-state index contributed by atoms with van der Waals surface area (Å²) >= 11 is 0. The van der Waals surface area contributed by atoms with Crippen molar-refractivity contribution in [3.63, 3.8) is 0 Å². The summed E-state index contributed by atoms with van der Waals surface area (Å²) in [6.07, 6.45) is 0. The summed E-state index contributed by atoms with van der Waals surface area (Å²) in [6, 6.07) is 5.00. The zero-order valence-corrected chi connectivity index (χ0v) is 11.6. The number of rotatable bonds is 6. The van der Waals surface area contributed by atoms with Crippen LogP contribution in [0, 0.1) is 0 Å². The lowest BCUT2D eigenvalue weighted by Crippen LogP contribution is -2.31. The fraction of sp³-hybridized carbons (Fsp3) is 0.429. The van der Waals surface area contributed by atoms with E-state index in [9.17, 15) is 9.59 Å². The molecule has 20 heavy (non-hydrogen) atoms. The SMILES string of the molecule is COc1cc(C(C)=O)ccc1OCCN1CCNC1=O. The lowest BCUT2D eigenvalue weighted by Gasteiger charge is -2.16. The van der Waals surface area contributed by atoms with Crippen LogP contribution in [-0.4, -0.2) is 50.1 Å². The summed E-state index contributed by atoms with van der Waals surface area (Å²) in [4.78, 5) is 24.3. The number of nitrogens with zero attached hydrogens (tertiary/aromatic N) is 1. The molecule has 1 saturated heterocycles. The maximum absolute atomic E-state index is 11.4. The van der Waals surface area contributed by atoms with E-state index >= 15 is 0 Å². The molecular weight excluding hydrogens is 260 g/mol. The van der Waals surface area contributed by atoms with Gasteiger partial charge in [-0.25, -0.2) is 4.79 Å². The third-order valence-electron chi connectivity index (χ3n) is 3.13. The van der Waals surface area contributed by atoms with Crippen LogP contribution in [0.4, 0.5) is 4.79 Å². The first-order valence-electron chi connectivity index (χ1n) is 6.46. The molecule has 108 valence electrons. The van der Waals surface area contributed by atoms with E-state index in [0.29, 0.717) is 43.3 Å². The lowest BCUT2D eigenvalue weighted by atomic mass is 10.1. The van der Waals surface area contributed by atoms with Gasteiger partial charge < -0.3 is 19.7 Å². The fourth-order valence-corrected chi connectivity index (χ4v) is 2.00. The summed E-state index contributed by atoms with van der Waals surface area (Å²) in [6.45, 7) is 3.77. The monoisotopic (exact) mass is 278 g/mol. The average Bonchev–Trinajstić information content (AvgIpc) is 2.84. The van der Waals surface area contributed by atoms with Gasteiger partial charge >= 0.3 is 6.03 Å². The summed E-state index contributed by atoms with van der Waals surface area (Å²) in [5, 5.41) is 2.73. The highest BCUT2D eigenvalue weighted by atomic mass is 16.5. The number of carbonyl (C=O) groups is 2. The maximum Gasteiger partial charge on any atom is 0.317 e. The second-order valence-corrected chi connectivity index (χ2v) is 4.49. The molecule has 0 saturated carbocycles. The smallest absolute Gasteiger partial charge is 0.317 e. The minimum absolute atomic E-state index is 0.0245. The Bertz CT molecular complexity index is 516. The minimum atomic E-state index is -0.0625. The molecule has 1 heterocycles. The van der Waals surface area contributed by atoms with E-state index in [1.807, 2.05) is 0 Å². The lowest BCUT2D eigenvalue weighted by molar-refractivity contribution is 0.101. The molecule has 1 aliphatic rings. The van der Waals surface area contributed by atoms with Crippen LogP contribution in [0.3, 0.4) is 0 Å². The molecule has 2 amide bonds. The Morgan fingerprint density at radius 3 is 2.80 bits per heavy atom. The zero-order chi connectivity index (χ0) is 14.5. The number of ether oxygens (including phenoxy) is 2. The van der Waals surface area contributed by atoms with Crippen LogP contribution in [0.5, 0.6) is 11.5 Å². The average molecular weight is 278 g/mol. The van der Waals surface area contributed by atoms with Gasteiger partial charge in [0.1, 0.15) is 6.61 Å². The molecule has 1 aliphatic heterocycles. The molecule has 1 fully saturated rings. The Labute approximate surface area is 117 Å². The van der Waals surface area contributed by atoms with Gasteiger partial charge in [0.15, 0.2) is 17.3 Å². The molecule has 1 aromatic carbocycles. The third kappa shape index (κ3) is 3.20. The number of ketones is 1. The number of benzene rings is 1. The highest BCUT2D eigenvalue weighted by Gasteiger charge is 2.19. The highest BCUT2D eigenvalue weighted by Crippen LogP contribution is 2.28. The van der Waals surface area contributed by atoms with Crippen LogP contribution >= 0.6 is 0 Å². The van der Waals surface area contributed by atoms with Crippen molar-refractivity contribution >= 4 is 11.8 Å².